The molecule has 0 radical (unpaired) electrons. The Kier molecular flexibility index (Phi) is 8.56. The summed E-state index contributed by atoms with van der Waals surface area (Å²) in [5.74, 6) is 0.977. The van der Waals surface area contributed by atoms with Crippen LogP contribution in [0.5, 0.6) is 11.5 Å². The zero-order valence-corrected chi connectivity index (χ0v) is 22.5. The first-order valence-electron chi connectivity index (χ1n) is 12.3. The van der Waals surface area contributed by atoms with Gasteiger partial charge in [-0.05, 0) is 72.1 Å². The molecule has 0 spiro atoms. The Morgan fingerprint density at radius 3 is 2.54 bits per heavy atom. The molecule has 0 bridgehead atoms. The largest absolute Gasteiger partial charge is 0.491 e. The Hall–Kier alpha value is -3.31. The van der Waals surface area contributed by atoms with E-state index in [4.69, 9.17) is 32.7 Å². The van der Waals surface area contributed by atoms with Gasteiger partial charge in [0.2, 0.25) is 0 Å². The van der Waals surface area contributed by atoms with Gasteiger partial charge in [-0.2, -0.15) is 5.48 Å². The SMILES string of the molecule is COONCC(O)COc1ccc(C2c3[nH]c4ccc(Cl)cc4c3CCN2C(=O)Oc2ccc(Cl)cc2)cc1. The molecular weight excluding hydrogens is 545 g/mol. The number of hydrogen-bond donors (Lipinski definition) is 3. The first-order chi connectivity index (χ1) is 18.9. The van der Waals surface area contributed by atoms with Crippen molar-refractivity contribution in [3.63, 3.8) is 0 Å². The number of aromatic nitrogens is 1. The molecule has 2 heterocycles. The van der Waals surface area contributed by atoms with Crippen molar-refractivity contribution < 1.29 is 29.3 Å². The van der Waals surface area contributed by atoms with Crippen LogP contribution in [0.1, 0.15) is 22.9 Å². The Bertz CT molecular complexity index is 1430. The molecule has 1 amide bonds. The van der Waals surface area contributed by atoms with E-state index in [0.717, 1.165) is 27.7 Å². The number of H-pyrrole nitrogens is 1. The lowest BCUT2D eigenvalue weighted by Crippen LogP contribution is -2.42. The van der Waals surface area contributed by atoms with Gasteiger partial charge in [0, 0.05) is 33.2 Å². The molecule has 11 heteroatoms. The molecular formula is C28H27Cl2N3O6. The zero-order chi connectivity index (χ0) is 27.4. The van der Waals surface area contributed by atoms with Gasteiger partial charge in [0.1, 0.15) is 30.3 Å². The van der Waals surface area contributed by atoms with E-state index in [9.17, 15) is 9.90 Å². The van der Waals surface area contributed by atoms with Crippen LogP contribution in [0.2, 0.25) is 10.0 Å². The third-order valence-corrected chi connectivity index (χ3v) is 6.93. The van der Waals surface area contributed by atoms with Crippen molar-refractivity contribution in [1.29, 1.82) is 0 Å². The van der Waals surface area contributed by atoms with Gasteiger partial charge in [-0.1, -0.05) is 35.3 Å². The summed E-state index contributed by atoms with van der Waals surface area (Å²) in [7, 11) is 1.36. The van der Waals surface area contributed by atoms with Gasteiger partial charge in [-0.25, -0.2) is 9.68 Å². The maximum absolute atomic E-state index is 13.4. The van der Waals surface area contributed by atoms with E-state index in [0.29, 0.717) is 34.5 Å². The number of halogens is 2. The molecule has 3 aromatic carbocycles. The molecule has 2 atom stereocenters. The molecule has 1 aliphatic rings. The minimum Gasteiger partial charge on any atom is -0.491 e. The predicted molar refractivity (Wildman–Crippen MR) is 147 cm³/mol. The van der Waals surface area contributed by atoms with Crippen LogP contribution in [0.3, 0.4) is 0 Å². The maximum Gasteiger partial charge on any atom is 0.416 e. The molecule has 0 fully saturated rings. The number of carbonyl (C=O) groups excluding carboxylic acids is 1. The fourth-order valence-corrected chi connectivity index (χ4v) is 4.95. The molecule has 0 saturated heterocycles. The van der Waals surface area contributed by atoms with E-state index in [1.54, 1.807) is 41.3 Å². The number of hydrogen-bond acceptors (Lipinski definition) is 7. The van der Waals surface area contributed by atoms with Gasteiger partial charge in [0.25, 0.3) is 0 Å². The number of hydroxylamine groups is 1. The molecule has 3 N–H and O–H groups in total. The summed E-state index contributed by atoms with van der Waals surface area (Å²) >= 11 is 12.3. The average Bonchev–Trinajstić information content (AvgIpc) is 3.31. The third kappa shape index (κ3) is 6.30. The molecule has 1 aromatic heterocycles. The molecule has 5 rings (SSSR count). The molecule has 204 valence electrons. The van der Waals surface area contributed by atoms with Crippen molar-refractivity contribution in [1.82, 2.24) is 15.4 Å². The summed E-state index contributed by atoms with van der Waals surface area (Å²) in [6.07, 6.45) is -0.641. The van der Waals surface area contributed by atoms with Crippen LogP contribution in [0.25, 0.3) is 10.9 Å². The highest BCUT2D eigenvalue weighted by molar-refractivity contribution is 6.31. The van der Waals surface area contributed by atoms with Crippen LogP contribution in [0.4, 0.5) is 4.79 Å². The number of amides is 1. The first-order valence-corrected chi connectivity index (χ1v) is 13.1. The number of rotatable bonds is 9. The van der Waals surface area contributed by atoms with E-state index in [1.165, 1.54) is 7.11 Å². The number of nitrogens with zero attached hydrogens (tertiary/aromatic N) is 1. The van der Waals surface area contributed by atoms with E-state index < -0.39 is 18.2 Å². The maximum atomic E-state index is 13.4. The fraction of sp³-hybridized carbons (Fsp3) is 0.250. The van der Waals surface area contributed by atoms with Crippen LogP contribution in [-0.2, 0) is 16.3 Å². The zero-order valence-electron chi connectivity index (χ0n) is 21.0. The van der Waals surface area contributed by atoms with Gasteiger partial charge in [0.15, 0.2) is 0 Å². The topological polar surface area (TPSA) is 105 Å². The van der Waals surface area contributed by atoms with Gasteiger partial charge in [0.05, 0.1) is 13.7 Å². The van der Waals surface area contributed by atoms with Crippen LogP contribution < -0.4 is 15.0 Å². The Morgan fingerprint density at radius 1 is 1.08 bits per heavy atom. The predicted octanol–water partition coefficient (Wildman–Crippen LogP) is 5.44. The summed E-state index contributed by atoms with van der Waals surface area (Å²) in [6.45, 7) is 0.631. The minimum absolute atomic E-state index is 0.0509. The Labute approximate surface area is 235 Å². The second kappa shape index (κ2) is 12.3. The number of nitrogens with one attached hydrogen (secondary N) is 2. The van der Waals surface area contributed by atoms with E-state index in [2.05, 4.69) is 20.3 Å². The van der Waals surface area contributed by atoms with Crippen molar-refractivity contribution in [2.24, 2.45) is 0 Å². The molecule has 0 saturated carbocycles. The highest BCUT2D eigenvalue weighted by atomic mass is 35.5. The second-order valence-electron chi connectivity index (χ2n) is 9.01. The first kappa shape index (κ1) is 27.3. The summed E-state index contributed by atoms with van der Waals surface area (Å²) in [6, 6.07) is 19.4. The molecule has 1 aliphatic heterocycles. The van der Waals surface area contributed by atoms with Crippen molar-refractivity contribution >= 4 is 40.2 Å². The molecule has 9 nitrogen and oxygen atoms in total. The van der Waals surface area contributed by atoms with Crippen LogP contribution >= 0.6 is 23.2 Å². The number of aliphatic hydroxyl groups is 1. The fourth-order valence-electron chi connectivity index (χ4n) is 4.65. The molecule has 4 aromatic rings. The average molecular weight is 572 g/mol. The number of carbonyl (C=O) groups is 1. The number of aliphatic hydroxyl groups excluding tert-OH is 1. The monoisotopic (exact) mass is 571 g/mol. The lowest BCUT2D eigenvalue weighted by atomic mass is 9.92. The van der Waals surface area contributed by atoms with Gasteiger partial charge in [-0.15, -0.1) is 4.99 Å². The third-order valence-electron chi connectivity index (χ3n) is 6.44. The highest BCUT2D eigenvalue weighted by Gasteiger charge is 2.35. The number of fused-ring (bicyclic) bond motifs is 3. The Balaban J connectivity index is 1.41. The standard InChI is InChI=1S/C28H27Cl2N3O6/c1-36-39-31-15-20(34)16-37-21-7-2-17(3-8-21)27-26-23(24-14-19(30)6-11-25(24)32-26)12-13-33(27)28(35)38-22-9-4-18(29)5-10-22/h2-11,14,20,27,31-32,34H,12-13,15-16H2,1H3. The number of aromatic amines is 1. The van der Waals surface area contributed by atoms with Crippen molar-refractivity contribution in [3.05, 3.63) is 93.6 Å². The van der Waals surface area contributed by atoms with Crippen LogP contribution in [-0.4, -0.2) is 54.0 Å². The van der Waals surface area contributed by atoms with Crippen LogP contribution in [0, 0.1) is 0 Å². The van der Waals surface area contributed by atoms with Crippen molar-refractivity contribution in [2.75, 3.05) is 26.8 Å². The lowest BCUT2D eigenvalue weighted by molar-refractivity contribution is -0.319. The highest BCUT2D eigenvalue weighted by Crippen LogP contribution is 2.40. The van der Waals surface area contributed by atoms with Gasteiger partial charge >= 0.3 is 6.09 Å². The smallest absolute Gasteiger partial charge is 0.416 e. The van der Waals surface area contributed by atoms with Gasteiger partial charge < -0.3 is 19.6 Å². The van der Waals surface area contributed by atoms with Crippen LogP contribution in [0.15, 0.2) is 66.7 Å². The van der Waals surface area contributed by atoms with Crippen molar-refractivity contribution in [3.8, 4) is 11.5 Å². The van der Waals surface area contributed by atoms with E-state index in [1.807, 2.05) is 30.3 Å². The normalized spacial score (nSPS) is 15.7. The van der Waals surface area contributed by atoms with E-state index >= 15 is 0 Å². The second-order valence-corrected chi connectivity index (χ2v) is 9.88. The summed E-state index contributed by atoms with van der Waals surface area (Å²) in [5.41, 5.74) is 6.29. The summed E-state index contributed by atoms with van der Waals surface area (Å²) in [5, 5.41) is 12.3. The quantitative estimate of drug-likeness (QED) is 0.139. The van der Waals surface area contributed by atoms with E-state index in [-0.39, 0.29) is 13.2 Å². The molecule has 0 aliphatic carbocycles. The molecule has 39 heavy (non-hydrogen) atoms. The van der Waals surface area contributed by atoms with Crippen molar-refractivity contribution in [2.45, 2.75) is 18.6 Å². The number of benzene rings is 3. The van der Waals surface area contributed by atoms with Gasteiger partial charge in [-0.3, -0.25) is 4.90 Å². The summed E-state index contributed by atoms with van der Waals surface area (Å²) in [4.78, 5) is 27.6. The lowest BCUT2D eigenvalue weighted by Gasteiger charge is -2.35. The number of ether oxygens (including phenoxy) is 2. The minimum atomic E-state index is -0.808. The molecule has 2 unspecified atom stereocenters. The Morgan fingerprint density at radius 2 is 1.79 bits per heavy atom. The summed E-state index contributed by atoms with van der Waals surface area (Å²) < 4.78 is 11.4.